The van der Waals surface area contributed by atoms with Crippen molar-refractivity contribution in [3.63, 3.8) is 0 Å². The second-order valence-corrected chi connectivity index (χ2v) is 4.61. The lowest BCUT2D eigenvalue weighted by atomic mass is 10.3. The topological polar surface area (TPSA) is 47.6 Å². The highest BCUT2D eigenvalue weighted by Crippen LogP contribution is 2.27. The Bertz CT molecular complexity index is 396. The van der Waals surface area contributed by atoms with E-state index < -0.39 is 0 Å². The lowest BCUT2D eigenvalue weighted by Gasteiger charge is -2.09. The van der Waals surface area contributed by atoms with E-state index in [0.29, 0.717) is 31.1 Å². The number of rotatable bonds is 7. The summed E-state index contributed by atoms with van der Waals surface area (Å²) >= 11 is 3.38. The maximum absolute atomic E-state index is 11.7. The maximum Gasteiger partial charge on any atom is 0.226 e. The van der Waals surface area contributed by atoms with Crippen LogP contribution in [0.1, 0.15) is 19.8 Å². The number of nitrogens with one attached hydrogen (secondary N) is 1. The average molecular weight is 316 g/mol. The van der Waals surface area contributed by atoms with E-state index in [0.717, 1.165) is 10.9 Å². The molecule has 1 N–H and O–H groups in total. The van der Waals surface area contributed by atoms with Crippen LogP contribution in [0, 0.1) is 0 Å². The maximum atomic E-state index is 11.7. The highest BCUT2D eigenvalue weighted by Gasteiger charge is 2.06. The number of amides is 1. The van der Waals surface area contributed by atoms with E-state index in [1.807, 2.05) is 19.1 Å². The molecule has 0 heterocycles. The van der Waals surface area contributed by atoms with E-state index in [1.54, 1.807) is 13.2 Å². The fourth-order valence-corrected chi connectivity index (χ4v) is 1.70. The fraction of sp³-hybridized carbons (Fsp3) is 0.462. The summed E-state index contributed by atoms with van der Waals surface area (Å²) in [6.07, 6.45) is 1.31. The quantitative estimate of drug-likeness (QED) is 0.786. The number of anilines is 1. The monoisotopic (exact) mass is 315 g/mol. The summed E-state index contributed by atoms with van der Waals surface area (Å²) in [4.78, 5) is 11.7. The van der Waals surface area contributed by atoms with Crippen molar-refractivity contribution in [1.82, 2.24) is 0 Å². The third-order valence-corrected chi connectivity index (χ3v) is 2.96. The number of halogens is 1. The normalized spacial score (nSPS) is 10.2. The average Bonchev–Trinajstić information content (AvgIpc) is 2.37. The third-order valence-electron chi connectivity index (χ3n) is 2.27. The molecule has 4 nitrogen and oxygen atoms in total. The summed E-state index contributed by atoms with van der Waals surface area (Å²) < 4.78 is 11.2. The molecule has 0 unspecified atom stereocenters. The zero-order chi connectivity index (χ0) is 13.4. The number of carbonyl (C=O) groups excluding carboxylic acids is 1. The van der Waals surface area contributed by atoms with Crippen molar-refractivity contribution in [3.05, 3.63) is 22.7 Å². The highest BCUT2D eigenvalue weighted by molar-refractivity contribution is 9.10. The summed E-state index contributed by atoms with van der Waals surface area (Å²) in [6, 6.07) is 5.43. The molecule has 0 saturated carbocycles. The Balaban J connectivity index is 2.48. The van der Waals surface area contributed by atoms with E-state index in [2.05, 4.69) is 21.2 Å². The molecule has 0 aliphatic carbocycles. The molecule has 1 rings (SSSR count). The van der Waals surface area contributed by atoms with Crippen LogP contribution < -0.4 is 10.1 Å². The van der Waals surface area contributed by atoms with Gasteiger partial charge in [0.15, 0.2) is 0 Å². The standard InChI is InChI=1S/C13H18BrNO3/c1-3-7-18-8-6-13(16)15-12-9-10(17-2)4-5-11(12)14/h4-5,9H,3,6-8H2,1-2H3,(H,15,16). The minimum Gasteiger partial charge on any atom is -0.497 e. The van der Waals surface area contributed by atoms with Crippen molar-refractivity contribution in [2.24, 2.45) is 0 Å². The molecule has 0 bridgehead atoms. The predicted molar refractivity (Wildman–Crippen MR) is 75.1 cm³/mol. The first-order valence-electron chi connectivity index (χ1n) is 5.88. The van der Waals surface area contributed by atoms with Gasteiger partial charge in [0.2, 0.25) is 5.91 Å². The number of carbonyl (C=O) groups is 1. The van der Waals surface area contributed by atoms with Gasteiger partial charge >= 0.3 is 0 Å². The minimum absolute atomic E-state index is 0.0694. The molecule has 5 heteroatoms. The first-order chi connectivity index (χ1) is 8.67. The van der Waals surface area contributed by atoms with Gasteiger partial charge in [0, 0.05) is 17.1 Å². The summed E-state index contributed by atoms with van der Waals surface area (Å²) in [5.74, 6) is 0.635. The number of hydrogen-bond donors (Lipinski definition) is 1. The van der Waals surface area contributed by atoms with Gasteiger partial charge in [0.1, 0.15) is 5.75 Å². The summed E-state index contributed by atoms with van der Waals surface area (Å²) in [5.41, 5.74) is 0.704. The second-order valence-electron chi connectivity index (χ2n) is 3.76. The van der Waals surface area contributed by atoms with Gasteiger partial charge in [-0.15, -0.1) is 0 Å². The second kappa shape index (κ2) is 8.11. The molecule has 0 aliphatic heterocycles. The van der Waals surface area contributed by atoms with Gasteiger partial charge in [0.05, 0.1) is 25.8 Å². The van der Waals surface area contributed by atoms with Crippen molar-refractivity contribution < 1.29 is 14.3 Å². The Hall–Kier alpha value is -1.07. The largest absolute Gasteiger partial charge is 0.497 e. The van der Waals surface area contributed by atoms with E-state index in [9.17, 15) is 4.79 Å². The molecule has 0 saturated heterocycles. The van der Waals surface area contributed by atoms with Gasteiger partial charge in [-0.3, -0.25) is 4.79 Å². The molecule has 0 fully saturated rings. The first kappa shape index (κ1) is 15.0. The van der Waals surface area contributed by atoms with Gasteiger partial charge in [-0.25, -0.2) is 0 Å². The number of ether oxygens (including phenoxy) is 2. The highest BCUT2D eigenvalue weighted by atomic mass is 79.9. The summed E-state index contributed by atoms with van der Waals surface area (Å²) in [6.45, 7) is 3.17. The Kier molecular flexibility index (Phi) is 6.75. The van der Waals surface area contributed by atoms with Crippen LogP contribution in [0.25, 0.3) is 0 Å². The van der Waals surface area contributed by atoms with Crippen LogP contribution in [0.2, 0.25) is 0 Å². The van der Waals surface area contributed by atoms with E-state index in [4.69, 9.17) is 9.47 Å². The Morgan fingerprint density at radius 2 is 2.17 bits per heavy atom. The molecule has 100 valence electrons. The zero-order valence-electron chi connectivity index (χ0n) is 10.7. The summed E-state index contributed by atoms with van der Waals surface area (Å²) in [5, 5.41) is 2.82. The molecule has 0 aliphatic rings. The van der Waals surface area contributed by atoms with Crippen molar-refractivity contribution in [2.75, 3.05) is 25.6 Å². The molecule has 18 heavy (non-hydrogen) atoms. The van der Waals surface area contributed by atoms with Crippen LogP contribution in [0.15, 0.2) is 22.7 Å². The van der Waals surface area contributed by atoms with Crippen molar-refractivity contribution in [3.8, 4) is 5.75 Å². The fourth-order valence-electron chi connectivity index (χ4n) is 1.35. The molecule has 0 spiro atoms. The van der Waals surface area contributed by atoms with Gasteiger partial charge < -0.3 is 14.8 Å². The van der Waals surface area contributed by atoms with E-state index >= 15 is 0 Å². The molecule has 1 aromatic carbocycles. The van der Waals surface area contributed by atoms with Gasteiger partial charge in [-0.05, 0) is 34.5 Å². The molecule has 1 aromatic rings. The van der Waals surface area contributed by atoms with Crippen LogP contribution in [0.3, 0.4) is 0 Å². The summed E-state index contributed by atoms with van der Waals surface area (Å²) in [7, 11) is 1.59. The molecular formula is C13H18BrNO3. The van der Waals surface area contributed by atoms with Gasteiger partial charge in [-0.2, -0.15) is 0 Å². The predicted octanol–water partition coefficient (Wildman–Crippen LogP) is 3.21. The van der Waals surface area contributed by atoms with Crippen LogP contribution >= 0.6 is 15.9 Å². The number of methoxy groups -OCH3 is 1. The molecular weight excluding hydrogens is 298 g/mol. The molecule has 0 aromatic heterocycles. The number of benzene rings is 1. The van der Waals surface area contributed by atoms with Crippen molar-refractivity contribution in [1.29, 1.82) is 0 Å². The number of hydrogen-bond acceptors (Lipinski definition) is 3. The van der Waals surface area contributed by atoms with Crippen LogP contribution in [-0.2, 0) is 9.53 Å². The molecule has 0 atom stereocenters. The van der Waals surface area contributed by atoms with Crippen LogP contribution in [0.4, 0.5) is 5.69 Å². The third kappa shape index (κ3) is 5.06. The SMILES string of the molecule is CCCOCCC(=O)Nc1cc(OC)ccc1Br. The van der Waals surface area contributed by atoms with Crippen molar-refractivity contribution in [2.45, 2.75) is 19.8 Å². The van der Waals surface area contributed by atoms with Crippen molar-refractivity contribution >= 4 is 27.5 Å². The lowest BCUT2D eigenvalue weighted by molar-refractivity contribution is -0.117. The molecule has 1 amide bonds. The smallest absolute Gasteiger partial charge is 0.226 e. The van der Waals surface area contributed by atoms with Gasteiger partial charge in [0.25, 0.3) is 0 Å². The first-order valence-corrected chi connectivity index (χ1v) is 6.67. The Morgan fingerprint density at radius 1 is 1.39 bits per heavy atom. The van der Waals surface area contributed by atoms with E-state index in [1.165, 1.54) is 0 Å². The Labute approximate surface area is 116 Å². The lowest BCUT2D eigenvalue weighted by Crippen LogP contribution is -2.14. The van der Waals surface area contributed by atoms with Crippen LogP contribution in [0.5, 0.6) is 5.75 Å². The van der Waals surface area contributed by atoms with Gasteiger partial charge in [-0.1, -0.05) is 6.92 Å². The van der Waals surface area contributed by atoms with E-state index in [-0.39, 0.29) is 5.91 Å². The van der Waals surface area contributed by atoms with Crippen LogP contribution in [-0.4, -0.2) is 26.2 Å². The zero-order valence-corrected chi connectivity index (χ0v) is 12.2. The molecule has 0 radical (unpaired) electrons. The minimum atomic E-state index is -0.0694. The Morgan fingerprint density at radius 3 is 2.83 bits per heavy atom.